The van der Waals surface area contributed by atoms with Crippen LogP contribution in [0.3, 0.4) is 0 Å². The largest absolute Gasteiger partial charge is 0.254 e. The van der Waals surface area contributed by atoms with Crippen LogP contribution in [0.2, 0.25) is 4.47 Å². The standard InChI is InChI=1S/C9H15ClN2O2S2/c1-5-6(2)12(4)16(13,14)8-7(3)11-9(10)15-8/h6H,5H2,1-4H3. The van der Waals surface area contributed by atoms with Gasteiger partial charge in [-0.1, -0.05) is 29.9 Å². The van der Waals surface area contributed by atoms with Gasteiger partial charge in [0.1, 0.15) is 0 Å². The van der Waals surface area contributed by atoms with E-state index in [1.807, 2.05) is 13.8 Å². The first-order valence-electron chi connectivity index (χ1n) is 4.91. The van der Waals surface area contributed by atoms with Gasteiger partial charge in [0.05, 0.1) is 5.69 Å². The van der Waals surface area contributed by atoms with E-state index >= 15 is 0 Å². The molecular weight excluding hydrogens is 268 g/mol. The maximum absolute atomic E-state index is 12.2. The van der Waals surface area contributed by atoms with Crippen LogP contribution < -0.4 is 0 Å². The van der Waals surface area contributed by atoms with Crippen molar-refractivity contribution < 1.29 is 8.42 Å². The number of sulfonamides is 1. The van der Waals surface area contributed by atoms with Crippen LogP contribution in [-0.2, 0) is 10.0 Å². The molecule has 1 aromatic rings. The van der Waals surface area contributed by atoms with E-state index in [1.165, 1.54) is 4.31 Å². The van der Waals surface area contributed by atoms with Gasteiger partial charge in [0.25, 0.3) is 10.0 Å². The smallest absolute Gasteiger partial charge is 0.229 e. The molecule has 0 amide bonds. The van der Waals surface area contributed by atoms with E-state index in [2.05, 4.69) is 4.98 Å². The fourth-order valence-corrected chi connectivity index (χ4v) is 4.55. The fourth-order valence-electron chi connectivity index (χ4n) is 1.21. The third kappa shape index (κ3) is 2.56. The van der Waals surface area contributed by atoms with E-state index in [-0.39, 0.29) is 14.7 Å². The molecule has 0 spiro atoms. The molecule has 1 unspecified atom stereocenters. The highest BCUT2D eigenvalue weighted by atomic mass is 35.5. The van der Waals surface area contributed by atoms with Gasteiger partial charge in [-0.25, -0.2) is 13.4 Å². The number of nitrogens with zero attached hydrogens (tertiary/aromatic N) is 2. The van der Waals surface area contributed by atoms with Crippen molar-refractivity contribution in [2.24, 2.45) is 0 Å². The lowest BCUT2D eigenvalue weighted by Gasteiger charge is -2.22. The molecular formula is C9H15ClN2O2S2. The highest BCUT2D eigenvalue weighted by molar-refractivity contribution is 7.91. The second-order valence-electron chi connectivity index (χ2n) is 3.62. The number of hydrogen-bond acceptors (Lipinski definition) is 4. The molecule has 0 radical (unpaired) electrons. The van der Waals surface area contributed by atoms with Gasteiger partial charge in [0.15, 0.2) is 8.68 Å². The number of thiazole rings is 1. The van der Waals surface area contributed by atoms with Crippen molar-refractivity contribution in [2.45, 2.75) is 37.4 Å². The van der Waals surface area contributed by atoms with Crippen molar-refractivity contribution >= 4 is 33.0 Å². The molecule has 0 fully saturated rings. The van der Waals surface area contributed by atoms with E-state index in [1.54, 1.807) is 14.0 Å². The first kappa shape index (κ1) is 13.9. The van der Waals surface area contributed by atoms with Crippen molar-refractivity contribution in [1.82, 2.24) is 9.29 Å². The summed E-state index contributed by atoms with van der Waals surface area (Å²) in [5.74, 6) is 0. The Morgan fingerprint density at radius 2 is 2.12 bits per heavy atom. The first-order chi connectivity index (χ1) is 7.30. The molecule has 4 nitrogen and oxygen atoms in total. The number of halogens is 1. The fraction of sp³-hybridized carbons (Fsp3) is 0.667. The monoisotopic (exact) mass is 282 g/mol. The van der Waals surface area contributed by atoms with Crippen LogP contribution >= 0.6 is 22.9 Å². The van der Waals surface area contributed by atoms with Crippen molar-refractivity contribution in [3.8, 4) is 0 Å². The Bertz CT molecular complexity index is 470. The van der Waals surface area contributed by atoms with Crippen molar-refractivity contribution in [2.75, 3.05) is 7.05 Å². The van der Waals surface area contributed by atoms with Gasteiger partial charge in [-0.15, -0.1) is 0 Å². The molecule has 1 atom stereocenters. The zero-order valence-corrected chi connectivity index (χ0v) is 12.1. The zero-order chi connectivity index (χ0) is 12.5. The molecule has 0 bridgehead atoms. The van der Waals surface area contributed by atoms with Gasteiger partial charge in [0.2, 0.25) is 0 Å². The molecule has 0 N–H and O–H groups in total. The summed E-state index contributed by atoms with van der Waals surface area (Å²) in [6.07, 6.45) is 0.765. The average molecular weight is 283 g/mol. The zero-order valence-electron chi connectivity index (χ0n) is 9.69. The second-order valence-corrected chi connectivity index (χ2v) is 7.39. The van der Waals surface area contributed by atoms with Crippen LogP contribution in [-0.4, -0.2) is 30.8 Å². The van der Waals surface area contributed by atoms with Crippen LogP contribution in [0, 0.1) is 6.92 Å². The van der Waals surface area contributed by atoms with Gasteiger partial charge in [-0.05, 0) is 20.3 Å². The predicted octanol–water partition coefficient (Wildman–Crippen LogP) is 2.52. The molecule has 92 valence electrons. The minimum absolute atomic E-state index is 0.0368. The summed E-state index contributed by atoms with van der Waals surface area (Å²) in [4.78, 5) is 3.92. The number of aromatic nitrogens is 1. The minimum atomic E-state index is -3.46. The number of hydrogen-bond donors (Lipinski definition) is 0. The highest BCUT2D eigenvalue weighted by Gasteiger charge is 2.28. The van der Waals surface area contributed by atoms with Crippen LogP contribution in [0.25, 0.3) is 0 Å². The topological polar surface area (TPSA) is 50.3 Å². The third-order valence-corrected chi connectivity index (χ3v) is 6.37. The summed E-state index contributed by atoms with van der Waals surface area (Å²) >= 11 is 6.72. The quantitative estimate of drug-likeness (QED) is 0.853. The van der Waals surface area contributed by atoms with Gasteiger partial charge < -0.3 is 0 Å². The van der Waals surface area contributed by atoms with E-state index in [9.17, 15) is 8.42 Å². The number of aryl methyl sites for hydroxylation is 1. The van der Waals surface area contributed by atoms with Crippen LogP contribution in [0.1, 0.15) is 26.0 Å². The van der Waals surface area contributed by atoms with Gasteiger partial charge in [-0.3, -0.25) is 0 Å². The van der Waals surface area contributed by atoms with E-state index < -0.39 is 10.0 Å². The molecule has 0 aliphatic carbocycles. The predicted molar refractivity (Wildman–Crippen MR) is 66.6 cm³/mol. The average Bonchev–Trinajstić information content (AvgIpc) is 2.56. The number of rotatable bonds is 4. The van der Waals surface area contributed by atoms with Gasteiger partial charge >= 0.3 is 0 Å². The lowest BCUT2D eigenvalue weighted by Crippen LogP contribution is -2.34. The lowest BCUT2D eigenvalue weighted by atomic mass is 10.3. The third-order valence-electron chi connectivity index (χ3n) is 2.55. The first-order valence-corrected chi connectivity index (χ1v) is 7.55. The molecule has 0 saturated heterocycles. The summed E-state index contributed by atoms with van der Waals surface area (Å²) in [6, 6.07) is -0.0368. The van der Waals surface area contributed by atoms with E-state index in [4.69, 9.17) is 11.6 Å². The summed E-state index contributed by atoms with van der Waals surface area (Å²) in [6.45, 7) is 5.47. The molecule has 1 rings (SSSR count). The maximum atomic E-state index is 12.2. The molecule has 1 heterocycles. The van der Waals surface area contributed by atoms with Crippen LogP contribution in [0.4, 0.5) is 0 Å². The molecule has 0 aliphatic heterocycles. The molecule has 0 aromatic carbocycles. The Kier molecular flexibility index (Phi) is 4.34. The Balaban J connectivity index is 3.17. The second kappa shape index (κ2) is 5.00. The Morgan fingerprint density at radius 1 is 1.56 bits per heavy atom. The highest BCUT2D eigenvalue weighted by Crippen LogP contribution is 2.29. The molecule has 0 saturated carbocycles. The van der Waals surface area contributed by atoms with Gasteiger partial charge in [0, 0.05) is 13.1 Å². The minimum Gasteiger partial charge on any atom is -0.229 e. The summed E-state index contributed by atoms with van der Waals surface area (Å²) in [7, 11) is -1.88. The summed E-state index contributed by atoms with van der Waals surface area (Å²) in [5.41, 5.74) is 0.463. The van der Waals surface area contributed by atoms with E-state index in [0.29, 0.717) is 5.69 Å². The molecule has 1 aromatic heterocycles. The van der Waals surface area contributed by atoms with Crippen molar-refractivity contribution in [3.05, 3.63) is 10.2 Å². The van der Waals surface area contributed by atoms with Crippen LogP contribution in [0.15, 0.2) is 4.21 Å². The van der Waals surface area contributed by atoms with Crippen LogP contribution in [0.5, 0.6) is 0 Å². The summed E-state index contributed by atoms with van der Waals surface area (Å²) < 4.78 is 26.3. The molecule has 0 aliphatic rings. The van der Waals surface area contributed by atoms with E-state index in [0.717, 1.165) is 17.8 Å². The summed E-state index contributed by atoms with van der Waals surface area (Å²) in [5, 5.41) is 0. The maximum Gasteiger partial charge on any atom is 0.254 e. The Labute approximate surface area is 105 Å². The molecule has 16 heavy (non-hydrogen) atoms. The SMILES string of the molecule is CCC(C)N(C)S(=O)(=O)c1sc(Cl)nc1C. The Morgan fingerprint density at radius 3 is 2.50 bits per heavy atom. The normalized spacial score (nSPS) is 14.4. The van der Waals surface area contributed by atoms with Crippen molar-refractivity contribution in [1.29, 1.82) is 0 Å². The van der Waals surface area contributed by atoms with Gasteiger partial charge in [-0.2, -0.15) is 4.31 Å². The molecule has 7 heteroatoms. The lowest BCUT2D eigenvalue weighted by molar-refractivity contribution is 0.381. The van der Waals surface area contributed by atoms with Crippen molar-refractivity contribution in [3.63, 3.8) is 0 Å². The Hall–Kier alpha value is -0.170.